The van der Waals surface area contributed by atoms with Gasteiger partial charge in [0, 0.05) is 6.92 Å². The molecule has 94 valence electrons. The molecule has 0 saturated heterocycles. The first-order valence-electron chi connectivity index (χ1n) is 5.50. The van der Waals surface area contributed by atoms with Gasteiger partial charge in [-0.05, 0) is 16.3 Å². The van der Waals surface area contributed by atoms with Gasteiger partial charge in [0.25, 0.3) is 0 Å². The molecule has 0 amide bonds. The molecule has 0 atom stereocenters. The van der Waals surface area contributed by atoms with Gasteiger partial charge in [-0.15, -0.1) is 0 Å². The molecular formula is C14H12F2O2. The normalized spacial score (nSPS) is 11.5. The van der Waals surface area contributed by atoms with Crippen molar-refractivity contribution in [2.24, 2.45) is 0 Å². The van der Waals surface area contributed by atoms with Crippen molar-refractivity contribution in [3.8, 4) is 0 Å². The molecule has 0 heterocycles. The van der Waals surface area contributed by atoms with E-state index in [0.29, 0.717) is 12.5 Å². The van der Waals surface area contributed by atoms with E-state index in [4.69, 9.17) is 0 Å². The van der Waals surface area contributed by atoms with E-state index in [-0.39, 0.29) is 6.61 Å². The van der Waals surface area contributed by atoms with Crippen molar-refractivity contribution in [3.63, 3.8) is 0 Å². The van der Waals surface area contributed by atoms with Crippen LogP contribution in [0.25, 0.3) is 10.8 Å². The summed E-state index contributed by atoms with van der Waals surface area (Å²) >= 11 is 0. The Kier molecular flexibility index (Phi) is 3.28. The van der Waals surface area contributed by atoms with Gasteiger partial charge in [-0.3, -0.25) is 0 Å². The lowest BCUT2D eigenvalue weighted by molar-refractivity contribution is -0.170. The number of halogens is 2. The van der Waals surface area contributed by atoms with Crippen molar-refractivity contribution in [1.82, 2.24) is 0 Å². The third-order valence-corrected chi connectivity index (χ3v) is 2.60. The summed E-state index contributed by atoms with van der Waals surface area (Å²) in [6.07, 6.45) is 0. The lowest BCUT2D eigenvalue weighted by Crippen LogP contribution is -2.26. The van der Waals surface area contributed by atoms with E-state index in [2.05, 4.69) is 4.74 Å². The zero-order chi connectivity index (χ0) is 13.2. The number of carbonyl (C=O) groups is 1. The molecule has 2 nitrogen and oxygen atoms in total. The molecule has 0 N–H and O–H groups in total. The van der Waals surface area contributed by atoms with E-state index in [0.717, 1.165) is 10.8 Å². The third-order valence-electron chi connectivity index (χ3n) is 2.60. The van der Waals surface area contributed by atoms with E-state index in [9.17, 15) is 13.6 Å². The zero-order valence-electron chi connectivity index (χ0n) is 9.82. The minimum atomic E-state index is -3.45. The molecule has 18 heavy (non-hydrogen) atoms. The van der Waals surface area contributed by atoms with Gasteiger partial charge in [0.1, 0.15) is 6.61 Å². The number of ether oxygens (including phenoxy) is 1. The van der Waals surface area contributed by atoms with E-state index in [1.54, 1.807) is 12.1 Å². The van der Waals surface area contributed by atoms with Gasteiger partial charge in [0.2, 0.25) is 0 Å². The summed E-state index contributed by atoms with van der Waals surface area (Å²) in [5, 5.41) is 1.88. The Morgan fingerprint density at radius 2 is 1.83 bits per heavy atom. The van der Waals surface area contributed by atoms with Crippen molar-refractivity contribution in [1.29, 1.82) is 0 Å². The number of esters is 1. The van der Waals surface area contributed by atoms with Crippen LogP contribution >= 0.6 is 0 Å². The fraction of sp³-hybridized carbons (Fsp3) is 0.214. The monoisotopic (exact) mass is 250 g/mol. The Balaban J connectivity index is 2.20. The highest BCUT2D eigenvalue weighted by Gasteiger charge is 2.34. The number of benzene rings is 2. The first-order valence-corrected chi connectivity index (χ1v) is 5.50. The molecule has 0 unspecified atom stereocenters. The van der Waals surface area contributed by atoms with Gasteiger partial charge >= 0.3 is 11.9 Å². The molecule has 2 rings (SSSR count). The SMILES string of the molecule is CC(F)(F)C(=O)OCc1cccc2ccccc12. The standard InChI is InChI=1S/C14H12F2O2/c1-14(15,16)13(17)18-9-11-7-4-6-10-5-2-3-8-12(10)11/h2-8H,9H2,1H3. The van der Waals surface area contributed by atoms with E-state index < -0.39 is 11.9 Å². The van der Waals surface area contributed by atoms with E-state index in [1.165, 1.54) is 0 Å². The number of hydrogen-bond acceptors (Lipinski definition) is 2. The topological polar surface area (TPSA) is 26.3 Å². The van der Waals surface area contributed by atoms with Crippen LogP contribution in [0.1, 0.15) is 12.5 Å². The van der Waals surface area contributed by atoms with Crippen LogP contribution in [0, 0.1) is 0 Å². The van der Waals surface area contributed by atoms with Crippen LogP contribution in [0.2, 0.25) is 0 Å². The first kappa shape index (κ1) is 12.5. The quantitative estimate of drug-likeness (QED) is 0.779. The second-order valence-corrected chi connectivity index (χ2v) is 4.10. The lowest BCUT2D eigenvalue weighted by atomic mass is 10.1. The molecule has 4 heteroatoms. The summed E-state index contributed by atoms with van der Waals surface area (Å²) in [7, 11) is 0. The minimum absolute atomic E-state index is 0.149. The third kappa shape index (κ3) is 2.64. The van der Waals surface area contributed by atoms with Gasteiger partial charge in [-0.2, -0.15) is 8.78 Å². The first-order chi connectivity index (χ1) is 8.48. The van der Waals surface area contributed by atoms with Crippen LogP contribution < -0.4 is 0 Å². The highest BCUT2D eigenvalue weighted by molar-refractivity contribution is 5.86. The highest BCUT2D eigenvalue weighted by atomic mass is 19.3. The molecule has 0 aromatic heterocycles. The second kappa shape index (κ2) is 4.72. The predicted molar refractivity (Wildman–Crippen MR) is 64.4 cm³/mol. The number of rotatable bonds is 3. The van der Waals surface area contributed by atoms with Crippen LogP contribution in [-0.4, -0.2) is 11.9 Å². The number of alkyl halides is 2. The van der Waals surface area contributed by atoms with Crippen molar-refractivity contribution in [3.05, 3.63) is 48.0 Å². The molecule has 0 aliphatic heterocycles. The highest BCUT2D eigenvalue weighted by Crippen LogP contribution is 2.20. The fourth-order valence-corrected chi connectivity index (χ4v) is 1.69. The van der Waals surface area contributed by atoms with Gasteiger partial charge in [-0.25, -0.2) is 4.79 Å². The van der Waals surface area contributed by atoms with Gasteiger partial charge in [-0.1, -0.05) is 42.5 Å². The molecule has 2 aromatic carbocycles. The van der Waals surface area contributed by atoms with Crippen molar-refractivity contribution >= 4 is 16.7 Å². The molecule has 0 radical (unpaired) electrons. The van der Waals surface area contributed by atoms with Crippen molar-refractivity contribution in [2.45, 2.75) is 19.5 Å². The Bertz CT molecular complexity index is 568. The maximum atomic E-state index is 12.7. The molecule has 0 fully saturated rings. The summed E-state index contributed by atoms with van der Waals surface area (Å²) in [6, 6.07) is 13.0. The van der Waals surface area contributed by atoms with Crippen molar-refractivity contribution in [2.75, 3.05) is 0 Å². The maximum Gasteiger partial charge on any atom is 0.376 e. The van der Waals surface area contributed by atoms with Gasteiger partial charge < -0.3 is 4.74 Å². The Labute approximate surface area is 103 Å². The van der Waals surface area contributed by atoms with Crippen LogP contribution in [-0.2, 0) is 16.1 Å². The minimum Gasteiger partial charge on any atom is -0.456 e. The second-order valence-electron chi connectivity index (χ2n) is 4.10. The summed E-state index contributed by atoms with van der Waals surface area (Å²) in [5.74, 6) is -4.96. The maximum absolute atomic E-state index is 12.7. The Hall–Kier alpha value is -1.97. The average Bonchev–Trinajstić information content (AvgIpc) is 2.34. The van der Waals surface area contributed by atoms with Crippen LogP contribution in [0.3, 0.4) is 0 Å². The largest absolute Gasteiger partial charge is 0.456 e. The summed E-state index contributed by atoms with van der Waals surface area (Å²) in [4.78, 5) is 11.0. The van der Waals surface area contributed by atoms with Crippen LogP contribution in [0.4, 0.5) is 8.78 Å². The molecule has 0 saturated carbocycles. The number of carbonyl (C=O) groups excluding carboxylic acids is 1. The average molecular weight is 250 g/mol. The smallest absolute Gasteiger partial charge is 0.376 e. The summed E-state index contributed by atoms with van der Waals surface area (Å²) in [5.41, 5.74) is 0.714. The fourth-order valence-electron chi connectivity index (χ4n) is 1.69. The summed E-state index contributed by atoms with van der Waals surface area (Å²) < 4.78 is 29.9. The molecule has 0 aliphatic carbocycles. The Morgan fingerprint density at radius 1 is 1.17 bits per heavy atom. The predicted octanol–water partition coefficient (Wildman–Crippen LogP) is 3.54. The zero-order valence-corrected chi connectivity index (χ0v) is 9.82. The van der Waals surface area contributed by atoms with Gasteiger partial charge in [0.15, 0.2) is 0 Å². The summed E-state index contributed by atoms with van der Waals surface area (Å²) in [6.45, 7) is 0.377. The number of hydrogen-bond donors (Lipinski definition) is 0. The van der Waals surface area contributed by atoms with Crippen molar-refractivity contribution < 1.29 is 18.3 Å². The lowest BCUT2D eigenvalue weighted by Gasteiger charge is -2.11. The van der Waals surface area contributed by atoms with E-state index in [1.807, 2.05) is 30.3 Å². The Morgan fingerprint density at radius 3 is 2.56 bits per heavy atom. The molecular weight excluding hydrogens is 238 g/mol. The van der Waals surface area contributed by atoms with Crippen LogP contribution in [0.15, 0.2) is 42.5 Å². The molecule has 0 aliphatic rings. The van der Waals surface area contributed by atoms with Gasteiger partial charge in [0.05, 0.1) is 0 Å². The molecule has 0 bridgehead atoms. The molecule has 0 spiro atoms. The number of fused-ring (bicyclic) bond motifs is 1. The molecule has 2 aromatic rings. The van der Waals surface area contributed by atoms with E-state index >= 15 is 0 Å². The van der Waals surface area contributed by atoms with Crippen LogP contribution in [0.5, 0.6) is 0 Å².